The zero-order chi connectivity index (χ0) is 25.8. The van der Waals surface area contributed by atoms with Gasteiger partial charge in [0, 0.05) is 29.3 Å². The van der Waals surface area contributed by atoms with E-state index in [1.807, 2.05) is 0 Å². The van der Waals surface area contributed by atoms with Gasteiger partial charge >= 0.3 is 12.1 Å². The molecule has 35 heavy (non-hydrogen) atoms. The number of carbonyl (C=O) groups excluding carboxylic acids is 1. The van der Waals surface area contributed by atoms with Gasteiger partial charge in [0.1, 0.15) is 23.2 Å². The van der Waals surface area contributed by atoms with Crippen LogP contribution in [-0.2, 0) is 17.5 Å². The molecule has 0 saturated heterocycles. The molecule has 3 atom stereocenters. The fourth-order valence-electron chi connectivity index (χ4n) is 5.62. The van der Waals surface area contributed by atoms with E-state index in [9.17, 15) is 23.1 Å². The van der Waals surface area contributed by atoms with Crippen molar-refractivity contribution in [1.29, 1.82) is 0 Å². The molecule has 190 valence electrons. The van der Waals surface area contributed by atoms with Crippen molar-refractivity contribution >= 4 is 23.3 Å². The van der Waals surface area contributed by atoms with Gasteiger partial charge in [-0.15, -0.1) is 0 Å². The first-order chi connectivity index (χ1) is 16.3. The Labute approximate surface area is 207 Å². The van der Waals surface area contributed by atoms with Crippen molar-refractivity contribution in [1.82, 2.24) is 0 Å². The third kappa shape index (κ3) is 4.41. The smallest absolute Gasteiger partial charge is 0.416 e. The highest BCUT2D eigenvalue weighted by Gasteiger charge is 2.62. The largest absolute Gasteiger partial charge is 0.506 e. The summed E-state index contributed by atoms with van der Waals surface area (Å²) in [6.07, 6.45) is -1.74. The normalized spacial score (nSPS) is 24.9. The van der Waals surface area contributed by atoms with Gasteiger partial charge in [-0.25, -0.2) is 4.79 Å². The maximum Gasteiger partial charge on any atom is 0.416 e. The molecule has 0 heterocycles. The first-order valence-corrected chi connectivity index (χ1v) is 11.9. The van der Waals surface area contributed by atoms with Crippen molar-refractivity contribution in [3.05, 3.63) is 52.0 Å². The minimum atomic E-state index is -4.59. The van der Waals surface area contributed by atoms with Crippen LogP contribution in [-0.4, -0.2) is 24.3 Å². The van der Waals surface area contributed by atoms with Crippen LogP contribution in [0.1, 0.15) is 61.5 Å². The van der Waals surface area contributed by atoms with Crippen molar-refractivity contribution < 1.29 is 32.5 Å². The molecule has 4 rings (SSSR count). The van der Waals surface area contributed by atoms with Crippen LogP contribution in [0, 0.1) is 16.7 Å². The Balaban J connectivity index is 1.49. The van der Waals surface area contributed by atoms with E-state index in [1.165, 1.54) is 7.11 Å². The molecule has 2 aromatic rings. The maximum absolute atomic E-state index is 13.1. The average molecular weight is 512 g/mol. The number of esters is 1. The summed E-state index contributed by atoms with van der Waals surface area (Å²) in [5.74, 6) is -0.0923. The van der Waals surface area contributed by atoms with Gasteiger partial charge < -0.3 is 19.9 Å². The van der Waals surface area contributed by atoms with Crippen LogP contribution in [0.25, 0.3) is 0 Å². The van der Waals surface area contributed by atoms with E-state index in [0.717, 1.165) is 25.3 Å². The third-order valence-electron chi connectivity index (χ3n) is 8.34. The summed E-state index contributed by atoms with van der Waals surface area (Å²) < 4.78 is 50.7. The number of rotatable bonds is 6. The van der Waals surface area contributed by atoms with Gasteiger partial charge in [-0.05, 0) is 54.9 Å². The summed E-state index contributed by atoms with van der Waals surface area (Å²) in [5.41, 5.74) is -0.180. The molecule has 5 nitrogen and oxygen atoms in total. The Morgan fingerprint density at radius 2 is 1.94 bits per heavy atom. The number of benzene rings is 2. The molecule has 0 spiro atoms. The molecule has 3 unspecified atom stereocenters. The monoisotopic (exact) mass is 511 g/mol. The Bertz CT molecular complexity index is 1150. The SMILES string of the molecule is COc1cc(NCc2cc(C(F)(F)F)cc(Cl)c2O)ccc1C(=O)OC1CC2CCC1(C)C2(C)C. The predicted octanol–water partition coefficient (Wildman–Crippen LogP) is 7.06. The van der Waals surface area contributed by atoms with Crippen LogP contribution in [0.5, 0.6) is 11.5 Å². The molecule has 0 radical (unpaired) electrons. The zero-order valence-corrected chi connectivity index (χ0v) is 20.8. The lowest BCUT2D eigenvalue weighted by molar-refractivity contribution is -0.137. The van der Waals surface area contributed by atoms with Gasteiger partial charge in [0.25, 0.3) is 0 Å². The summed E-state index contributed by atoms with van der Waals surface area (Å²) in [7, 11) is 1.43. The number of hydrogen-bond acceptors (Lipinski definition) is 5. The highest BCUT2D eigenvalue weighted by Crippen LogP contribution is 2.66. The quantitative estimate of drug-likeness (QED) is 0.406. The number of aromatic hydroxyl groups is 1. The second kappa shape index (κ2) is 8.80. The number of hydrogen-bond donors (Lipinski definition) is 2. The Hall–Kier alpha value is -2.61. The van der Waals surface area contributed by atoms with Crippen molar-refractivity contribution in [2.24, 2.45) is 16.7 Å². The van der Waals surface area contributed by atoms with Crippen LogP contribution in [0.4, 0.5) is 18.9 Å². The van der Waals surface area contributed by atoms with E-state index in [-0.39, 0.29) is 45.4 Å². The molecule has 2 aliphatic rings. The van der Waals surface area contributed by atoms with Crippen LogP contribution >= 0.6 is 11.6 Å². The van der Waals surface area contributed by atoms with E-state index in [1.54, 1.807) is 18.2 Å². The van der Waals surface area contributed by atoms with Crippen LogP contribution in [0.15, 0.2) is 30.3 Å². The molecule has 0 aliphatic heterocycles. The fraction of sp³-hybridized carbons (Fsp3) is 0.500. The standard InChI is InChI=1S/C26H29ClF3NO4/c1-24(2)15-7-8-25(24,3)21(11-15)35-23(33)18-6-5-17(12-20(18)34-4)31-13-14-9-16(26(28,29)30)10-19(27)22(14)32/h5-6,9-10,12,15,21,31-32H,7-8,11,13H2,1-4H3. The number of fused-ring (bicyclic) bond motifs is 2. The summed E-state index contributed by atoms with van der Waals surface area (Å²) in [4.78, 5) is 13.0. The van der Waals surface area contributed by atoms with Gasteiger partial charge in [0.2, 0.25) is 0 Å². The minimum Gasteiger partial charge on any atom is -0.506 e. The van der Waals surface area contributed by atoms with Crippen molar-refractivity contribution in [3.63, 3.8) is 0 Å². The van der Waals surface area contributed by atoms with Gasteiger partial charge in [-0.3, -0.25) is 0 Å². The number of methoxy groups -OCH3 is 1. The topological polar surface area (TPSA) is 67.8 Å². The van der Waals surface area contributed by atoms with Gasteiger partial charge in [-0.1, -0.05) is 32.4 Å². The summed E-state index contributed by atoms with van der Waals surface area (Å²) in [6, 6.07) is 6.26. The molecule has 2 bridgehead atoms. The molecule has 2 fully saturated rings. The summed E-state index contributed by atoms with van der Waals surface area (Å²) in [5, 5.41) is 12.7. The minimum absolute atomic E-state index is 0.0144. The molecule has 0 amide bonds. The number of anilines is 1. The lowest BCUT2D eigenvalue weighted by Crippen LogP contribution is -2.38. The van der Waals surface area contributed by atoms with E-state index in [4.69, 9.17) is 21.1 Å². The van der Waals surface area contributed by atoms with E-state index < -0.39 is 23.5 Å². The first kappa shape index (κ1) is 25.5. The highest BCUT2D eigenvalue weighted by molar-refractivity contribution is 6.32. The van der Waals surface area contributed by atoms with Crippen LogP contribution < -0.4 is 10.1 Å². The molecule has 0 aromatic heterocycles. The third-order valence-corrected chi connectivity index (χ3v) is 8.63. The number of phenolic OH excluding ortho intramolecular Hbond substituents is 1. The molecule has 9 heteroatoms. The highest BCUT2D eigenvalue weighted by atomic mass is 35.5. The molecular weight excluding hydrogens is 483 g/mol. The van der Waals surface area contributed by atoms with E-state index >= 15 is 0 Å². The second-order valence-electron chi connectivity index (χ2n) is 10.2. The Kier molecular flexibility index (Phi) is 6.41. The molecule has 2 N–H and O–H groups in total. The first-order valence-electron chi connectivity index (χ1n) is 11.5. The predicted molar refractivity (Wildman–Crippen MR) is 127 cm³/mol. The van der Waals surface area contributed by atoms with Crippen molar-refractivity contribution in [2.45, 2.75) is 58.9 Å². The van der Waals surface area contributed by atoms with Gasteiger partial charge in [0.05, 0.1) is 17.7 Å². The van der Waals surface area contributed by atoms with Crippen molar-refractivity contribution in [3.8, 4) is 11.5 Å². The lowest BCUT2D eigenvalue weighted by Gasteiger charge is -2.38. The number of alkyl halides is 3. The van der Waals surface area contributed by atoms with Crippen molar-refractivity contribution in [2.75, 3.05) is 12.4 Å². The average Bonchev–Trinajstić information content (AvgIpc) is 3.12. The lowest BCUT2D eigenvalue weighted by atomic mass is 9.70. The number of nitrogens with one attached hydrogen (secondary N) is 1. The number of phenols is 1. The Morgan fingerprint density at radius 1 is 1.23 bits per heavy atom. The number of carbonyl (C=O) groups is 1. The van der Waals surface area contributed by atoms with E-state index in [2.05, 4.69) is 26.1 Å². The van der Waals surface area contributed by atoms with Crippen LogP contribution in [0.2, 0.25) is 5.02 Å². The maximum atomic E-state index is 13.1. The Morgan fingerprint density at radius 3 is 2.51 bits per heavy atom. The molecular formula is C26H29ClF3NO4. The van der Waals surface area contributed by atoms with Gasteiger partial charge in [-0.2, -0.15) is 13.2 Å². The van der Waals surface area contributed by atoms with E-state index in [0.29, 0.717) is 17.7 Å². The summed E-state index contributed by atoms with van der Waals surface area (Å²) >= 11 is 5.78. The number of ether oxygens (including phenoxy) is 2. The molecule has 2 aromatic carbocycles. The molecule has 2 aliphatic carbocycles. The fourth-order valence-corrected chi connectivity index (χ4v) is 5.86. The number of halogens is 4. The second-order valence-corrected chi connectivity index (χ2v) is 10.6. The van der Waals surface area contributed by atoms with Gasteiger partial charge in [0.15, 0.2) is 0 Å². The summed E-state index contributed by atoms with van der Waals surface area (Å²) in [6.45, 7) is 6.56. The van der Waals surface area contributed by atoms with Crippen LogP contribution in [0.3, 0.4) is 0 Å². The zero-order valence-electron chi connectivity index (χ0n) is 20.1. The molecule has 2 saturated carbocycles.